The lowest BCUT2D eigenvalue weighted by atomic mass is 9.93. The Hall–Kier alpha value is -3.16. The maximum atomic E-state index is 13.6. The smallest absolute Gasteiger partial charge is 0.126 e. The van der Waals surface area contributed by atoms with Crippen molar-refractivity contribution in [1.29, 1.82) is 0 Å². The molecule has 0 fully saturated rings. The molecule has 0 aliphatic rings. The Balaban J connectivity index is 2.24. The first-order valence-corrected chi connectivity index (χ1v) is 7.99. The van der Waals surface area contributed by atoms with E-state index in [0.717, 1.165) is 33.5 Å². The van der Waals surface area contributed by atoms with E-state index in [1.165, 1.54) is 6.07 Å². The van der Waals surface area contributed by atoms with Gasteiger partial charge in [-0.3, -0.25) is 4.98 Å². The van der Waals surface area contributed by atoms with Gasteiger partial charge in [-0.25, -0.2) is 4.39 Å². The summed E-state index contributed by atoms with van der Waals surface area (Å²) in [5.74, 6) is -0.219. The first-order chi connectivity index (χ1) is 12.0. The van der Waals surface area contributed by atoms with Gasteiger partial charge in [0.2, 0.25) is 0 Å². The van der Waals surface area contributed by atoms with Crippen molar-refractivity contribution in [2.75, 3.05) is 5.73 Å². The average Bonchev–Trinajstić information content (AvgIpc) is 2.60. The number of hydrogen-bond acceptors (Lipinski definition) is 2. The fourth-order valence-corrected chi connectivity index (χ4v) is 2.92. The summed E-state index contributed by atoms with van der Waals surface area (Å²) < 4.78 is 13.6. The number of nitrogens with zero attached hydrogens (tertiary/aromatic N) is 1. The minimum absolute atomic E-state index is 0.219. The second-order valence-corrected chi connectivity index (χ2v) is 6.01. The lowest BCUT2D eigenvalue weighted by molar-refractivity contribution is 0.619. The van der Waals surface area contributed by atoms with Gasteiger partial charge in [-0.2, -0.15) is 0 Å². The van der Waals surface area contributed by atoms with Crippen LogP contribution in [0, 0.1) is 19.7 Å². The van der Waals surface area contributed by atoms with Gasteiger partial charge in [-0.1, -0.05) is 12.6 Å². The molecule has 25 heavy (non-hydrogen) atoms. The monoisotopic (exact) mass is 330 g/mol. The number of nitrogens with two attached hydrogens (primary N) is 1. The second-order valence-electron chi connectivity index (χ2n) is 6.01. The summed E-state index contributed by atoms with van der Waals surface area (Å²) in [5, 5.41) is 0. The first-order valence-electron chi connectivity index (χ1n) is 7.99. The molecule has 0 aliphatic carbocycles. The minimum atomic E-state index is -0.219. The van der Waals surface area contributed by atoms with Crippen LogP contribution in [0.25, 0.3) is 28.5 Å². The van der Waals surface area contributed by atoms with E-state index >= 15 is 0 Å². The highest BCUT2D eigenvalue weighted by molar-refractivity contribution is 5.85. The lowest BCUT2D eigenvalue weighted by Gasteiger charge is -2.14. The SMILES string of the molecule is C=C=Cc1cc(-c2cccnc2-c2ccc(F)c(C)c2)c(C)cc1N. The van der Waals surface area contributed by atoms with E-state index in [9.17, 15) is 4.39 Å². The van der Waals surface area contributed by atoms with Crippen molar-refractivity contribution in [3.63, 3.8) is 0 Å². The van der Waals surface area contributed by atoms with Crippen molar-refractivity contribution in [1.82, 2.24) is 4.98 Å². The lowest BCUT2D eigenvalue weighted by Crippen LogP contribution is -1.96. The molecule has 0 unspecified atom stereocenters. The number of aryl methyl sites for hydroxylation is 2. The summed E-state index contributed by atoms with van der Waals surface area (Å²) in [6.07, 6.45) is 3.51. The Bertz CT molecular complexity index is 999. The van der Waals surface area contributed by atoms with E-state index in [2.05, 4.69) is 17.3 Å². The van der Waals surface area contributed by atoms with Crippen LogP contribution in [0.5, 0.6) is 0 Å². The van der Waals surface area contributed by atoms with E-state index in [0.29, 0.717) is 11.3 Å². The number of hydrogen-bond donors (Lipinski definition) is 1. The zero-order chi connectivity index (χ0) is 18.0. The zero-order valence-electron chi connectivity index (χ0n) is 14.3. The Morgan fingerprint density at radius 1 is 1.08 bits per heavy atom. The molecule has 0 aliphatic heterocycles. The summed E-state index contributed by atoms with van der Waals surface area (Å²) in [6.45, 7) is 7.39. The normalized spacial score (nSPS) is 10.4. The Morgan fingerprint density at radius 3 is 2.60 bits per heavy atom. The molecule has 0 atom stereocenters. The van der Waals surface area contributed by atoms with Crippen LogP contribution in [0.4, 0.5) is 10.1 Å². The quantitative estimate of drug-likeness (QED) is 0.505. The highest BCUT2D eigenvalue weighted by atomic mass is 19.1. The third-order valence-corrected chi connectivity index (χ3v) is 4.22. The molecule has 2 nitrogen and oxygen atoms in total. The number of benzene rings is 2. The average molecular weight is 330 g/mol. The fraction of sp³-hybridized carbons (Fsp3) is 0.0909. The largest absolute Gasteiger partial charge is 0.398 e. The first kappa shape index (κ1) is 16.7. The molecule has 0 radical (unpaired) electrons. The summed E-state index contributed by atoms with van der Waals surface area (Å²) in [4.78, 5) is 4.54. The second kappa shape index (κ2) is 6.76. The number of anilines is 1. The summed E-state index contributed by atoms with van der Waals surface area (Å²) in [5.41, 5.74) is 15.7. The maximum Gasteiger partial charge on any atom is 0.126 e. The van der Waals surface area contributed by atoms with Crippen molar-refractivity contribution in [2.45, 2.75) is 13.8 Å². The van der Waals surface area contributed by atoms with Crippen LogP contribution in [0.2, 0.25) is 0 Å². The predicted octanol–water partition coefficient (Wildman–Crippen LogP) is 5.55. The molecule has 1 heterocycles. The molecule has 0 saturated carbocycles. The van der Waals surface area contributed by atoms with Crippen molar-refractivity contribution in [2.24, 2.45) is 0 Å². The van der Waals surface area contributed by atoms with Crippen LogP contribution in [-0.4, -0.2) is 4.98 Å². The maximum absolute atomic E-state index is 13.6. The molecule has 1 aromatic heterocycles. The van der Waals surface area contributed by atoms with Crippen LogP contribution >= 0.6 is 0 Å². The van der Waals surface area contributed by atoms with Gasteiger partial charge in [0.1, 0.15) is 5.82 Å². The summed E-state index contributed by atoms with van der Waals surface area (Å²) in [7, 11) is 0. The summed E-state index contributed by atoms with van der Waals surface area (Å²) in [6, 6.07) is 12.9. The van der Waals surface area contributed by atoms with E-state index < -0.39 is 0 Å². The van der Waals surface area contributed by atoms with Gasteiger partial charge in [0.15, 0.2) is 0 Å². The number of nitrogen functional groups attached to an aromatic ring is 1. The molecule has 3 aromatic rings. The van der Waals surface area contributed by atoms with Crippen molar-refractivity contribution in [3.8, 4) is 22.4 Å². The van der Waals surface area contributed by atoms with Gasteiger partial charge in [0.25, 0.3) is 0 Å². The molecular formula is C22H19FN2. The van der Waals surface area contributed by atoms with Gasteiger partial charge >= 0.3 is 0 Å². The van der Waals surface area contributed by atoms with Gasteiger partial charge in [-0.15, -0.1) is 5.73 Å². The fourth-order valence-electron chi connectivity index (χ4n) is 2.92. The van der Waals surface area contributed by atoms with E-state index in [1.807, 2.05) is 37.3 Å². The van der Waals surface area contributed by atoms with Gasteiger partial charge in [0, 0.05) is 28.6 Å². The molecule has 0 saturated heterocycles. The van der Waals surface area contributed by atoms with Gasteiger partial charge in [0.05, 0.1) is 5.69 Å². The Labute approximate surface area is 147 Å². The summed E-state index contributed by atoms with van der Waals surface area (Å²) >= 11 is 0. The molecular weight excluding hydrogens is 311 g/mol. The zero-order valence-corrected chi connectivity index (χ0v) is 14.3. The number of rotatable bonds is 3. The standard InChI is InChI=1S/C22H19FN2/c1-4-6-16-13-19(14(2)12-21(16)24)18-7-5-10-25-22(18)17-8-9-20(23)15(3)11-17/h5-13H,1,24H2,2-3H3. The molecule has 0 amide bonds. The van der Waals surface area contributed by atoms with Crippen molar-refractivity contribution in [3.05, 3.63) is 83.5 Å². The molecule has 0 spiro atoms. The van der Waals surface area contributed by atoms with Crippen molar-refractivity contribution >= 4 is 11.8 Å². The topological polar surface area (TPSA) is 38.9 Å². The highest BCUT2D eigenvalue weighted by Crippen LogP contribution is 2.35. The Morgan fingerprint density at radius 2 is 1.88 bits per heavy atom. The van der Waals surface area contributed by atoms with Crippen LogP contribution in [0.1, 0.15) is 16.7 Å². The molecule has 2 aromatic carbocycles. The third-order valence-electron chi connectivity index (χ3n) is 4.22. The van der Waals surface area contributed by atoms with E-state index in [-0.39, 0.29) is 5.82 Å². The predicted molar refractivity (Wildman–Crippen MR) is 103 cm³/mol. The number of aromatic nitrogens is 1. The van der Waals surface area contributed by atoms with E-state index in [1.54, 1.807) is 25.3 Å². The number of halogens is 1. The molecule has 2 N–H and O–H groups in total. The van der Waals surface area contributed by atoms with E-state index in [4.69, 9.17) is 5.73 Å². The third kappa shape index (κ3) is 3.23. The molecule has 3 rings (SSSR count). The Kier molecular flexibility index (Phi) is 4.51. The highest BCUT2D eigenvalue weighted by Gasteiger charge is 2.13. The van der Waals surface area contributed by atoms with Gasteiger partial charge in [-0.05, 0) is 73.0 Å². The van der Waals surface area contributed by atoms with Crippen LogP contribution in [-0.2, 0) is 0 Å². The minimum Gasteiger partial charge on any atom is -0.398 e. The van der Waals surface area contributed by atoms with Crippen LogP contribution in [0.3, 0.4) is 0 Å². The van der Waals surface area contributed by atoms with Crippen LogP contribution < -0.4 is 5.73 Å². The molecule has 3 heteroatoms. The number of pyridine rings is 1. The molecule has 0 bridgehead atoms. The molecule has 124 valence electrons. The van der Waals surface area contributed by atoms with Crippen molar-refractivity contribution < 1.29 is 4.39 Å². The van der Waals surface area contributed by atoms with Crippen LogP contribution in [0.15, 0.2) is 61.0 Å². The van der Waals surface area contributed by atoms with Gasteiger partial charge < -0.3 is 5.73 Å².